The Hall–Kier alpha value is -2.09. The van der Waals surface area contributed by atoms with Crippen LogP contribution in [-0.2, 0) is 27.9 Å². The minimum absolute atomic E-state index is 0.319. The third-order valence-electron chi connectivity index (χ3n) is 5.82. The van der Waals surface area contributed by atoms with Crippen LogP contribution in [0.4, 0.5) is 5.69 Å². The minimum Gasteiger partial charge on any atom is -0.350 e. The van der Waals surface area contributed by atoms with Gasteiger partial charge in [0.2, 0.25) is 15.9 Å². The standard InChI is InChI=1S/C24H32ClN3O3S/c1-3-23(28(32(2,30)31)22-13-11-21(25)12-14-22)24(29)26-17-19-9-5-6-10-20(19)18-27-15-7-4-8-16-27/h5-6,9-14,23H,3-4,7-8,15-18H2,1-2H3,(H,26,29)/t23-/m1/s1. The first-order valence-corrected chi connectivity index (χ1v) is 13.3. The van der Waals surface area contributed by atoms with E-state index in [0.717, 1.165) is 31.5 Å². The maximum Gasteiger partial charge on any atom is 0.244 e. The zero-order chi connectivity index (χ0) is 23.1. The summed E-state index contributed by atoms with van der Waals surface area (Å²) in [4.78, 5) is 15.6. The lowest BCUT2D eigenvalue weighted by atomic mass is 10.0. The molecular formula is C24H32ClN3O3S. The predicted octanol–water partition coefficient (Wildman–Crippen LogP) is 4.19. The Morgan fingerprint density at radius 1 is 1.06 bits per heavy atom. The van der Waals surface area contributed by atoms with Gasteiger partial charge in [-0.2, -0.15) is 0 Å². The number of carbonyl (C=O) groups excluding carboxylic acids is 1. The molecule has 1 aliphatic rings. The molecule has 2 aromatic carbocycles. The summed E-state index contributed by atoms with van der Waals surface area (Å²) in [6.45, 7) is 5.23. The SMILES string of the molecule is CC[C@H](C(=O)NCc1ccccc1CN1CCCCC1)N(c1ccc(Cl)cc1)S(C)(=O)=O. The van der Waals surface area contributed by atoms with Gasteiger partial charge in [0, 0.05) is 18.1 Å². The second-order valence-corrected chi connectivity index (χ2v) is 10.6. The van der Waals surface area contributed by atoms with E-state index >= 15 is 0 Å². The molecule has 1 saturated heterocycles. The van der Waals surface area contributed by atoms with Crippen molar-refractivity contribution in [3.63, 3.8) is 0 Å². The van der Waals surface area contributed by atoms with Gasteiger partial charge in [-0.3, -0.25) is 14.0 Å². The van der Waals surface area contributed by atoms with Gasteiger partial charge in [0.1, 0.15) is 6.04 Å². The van der Waals surface area contributed by atoms with E-state index in [1.54, 1.807) is 24.3 Å². The number of rotatable bonds is 9. The van der Waals surface area contributed by atoms with Crippen molar-refractivity contribution >= 4 is 33.2 Å². The number of nitrogens with one attached hydrogen (secondary N) is 1. The van der Waals surface area contributed by atoms with Gasteiger partial charge in [0.25, 0.3) is 0 Å². The number of hydrogen-bond acceptors (Lipinski definition) is 4. The lowest BCUT2D eigenvalue weighted by Gasteiger charge is -2.30. The van der Waals surface area contributed by atoms with Crippen molar-refractivity contribution in [2.45, 2.75) is 51.7 Å². The van der Waals surface area contributed by atoms with E-state index in [1.807, 2.05) is 25.1 Å². The van der Waals surface area contributed by atoms with Crippen molar-refractivity contribution in [2.24, 2.45) is 0 Å². The Kier molecular flexibility index (Phi) is 8.57. The molecule has 0 bridgehead atoms. The lowest BCUT2D eigenvalue weighted by Crippen LogP contribution is -2.49. The number of sulfonamides is 1. The fourth-order valence-electron chi connectivity index (χ4n) is 4.19. The molecule has 0 spiro atoms. The molecule has 1 aliphatic heterocycles. The van der Waals surface area contributed by atoms with Gasteiger partial charge >= 0.3 is 0 Å². The van der Waals surface area contributed by atoms with Crippen molar-refractivity contribution in [1.29, 1.82) is 0 Å². The first kappa shape index (κ1) is 24.6. The van der Waals surface area contributed by atoms with Gasteiger partial charge in [-0.15, -0.1) is 0 Å². The molecule has 1 heterocycles. The monoisotopic (exact) mass is 477 g/mol. The molecule has 32 heavy (non-hydrogen) atoms. The van der Waals surface area contributed by atoms with Crippen molar-refractivity contribution in [3.05, 3.63) is 64.7 Å². The van der Waals surface area contributed by atoms with Crippen LogP contribution in [0.1, 0.15) is 43.7 Å². The second kappa shape index (κ2) is 11.2. The van der Waals surface area contributed by atoms with Crippen LogP contribution in [0.5, 0.6) is 0 Å². The average Bonchev–Trinajstić information content (AvgIpc) is 2.77. The van der Waals surface area contributed by atoms with E-state index in [4.69, 9.17) is 11.6 Å². The molecule has 1 N–H and O–H groups in total. The fraction of sp³-hybridized carbons (Fsp3) is 0.458. The van der Waals surface area contributed by atoms with E-state index < -0.39 is 16.1 Å². The third-order valence-corrected chi connectivity index (χ3v) is 7.26. The van der Waals surface area contributed by atoms with Crippen LogP contribution in [0.3, 0.4) is 0 Å². The normalized spacial score (nSPS) is 15.8. The maximum absolute atomic E-state index is 13.1. The largest absolute Gasteiger partial charge is 0.350 e. The summed E-state index contributed by atoms with van der Waals surface area (Å²) in [5.74, 6) is -0.319. The highest BCUT2D eigenvalue weighted by Crippen LogP contribution is 2.24. The maximum atomic E-state index is 13.1. The van der Waals surface area contributed by atoms with Crippen LogP contribution in [-0.4, -0.2) is 44.6 Å². The Balaban J connectivity index is 1.74. The predicted molar refractivity (Wildman–Crippen MR) is 130 cm³/mol. The van der Waals surface area contributed by atoms with Crippen LogP contribution in [0.2, 0.25) is 5.02 Å². The second-order valence-electron chi connectivity index (χ2n) is 8.28. The number of likely N-dealkylation sites (tertiary alicyclic amines) is 1. The number of anilines is 1. The molecule has 1 atom stereocenters. The number of carbonyl (C=O) groups is 1. The molecule has 0 radical (unpaired) electrons. The number of benzene rings is 2. The van der Waals surface area contributed by atoms with E-state index in [0.29, 0.717) is 23.7 Å². The van der Waals surface area contributed by atoms with Gasteiger partial charge in [-0.25, -0.2) is 8.42 Å². The number of hydrogen-bond donors (Lipinski definition) is 1. The number of halogens is 1. The van der Waals surface area contributed by atoms with E-state index in [9.17, 15) is 13.2 Å². The molecule has 6 nitrogen and oxygen atoms in total. The zero-order valence-electron chi connectivity index (χ0n) is 18.8. The molecule has 0 saturated carbocycles. The lowest BCUT2D eigenvalue weighted by molar-refractivity contribution is -0.122. The summed E-state index contributed by atoms with van der Waals surface area (Å²) < 4.78 is 26.3. The number of amides is 1. The first-order valence-electron chi connectivity index (χ1n) is 11.1. The quantitative estimate of drug-likeness (QED) is 0.588. The summed E-state index contributed by atoms with van der Waals surface area (Å²) in [5.41, 5.74) is 2.67. The fourth-order valence-corrected chi connectivity index (χ4v) is 5.53. The summed E-state index contributed by atoms with van der Waals surface area (Å²) >= 11 is 5.96. The molecule has 3 rings (SSSR count). The van der Waals surface area contributed by atoms with Crippen LogP contribution >= 0.6 is 11.6 Å². The molecule has 8 heteroatoms. The molecular weight excluding hydrogens is 446 g/mol. The Bertz CT molecular complexity index is 1010. The molecule has 1 amide bonds. The van der Waals surface area contributed by atoms with E-state index in [-0.39, 0.29) is 5.91 Å². The Morgan fingerprint density at radius 3 is 2.28 bits per heavy atom. The topological polar surface area (TPSA) is 69.7 Å². The zero-order valence-corrected chi connectivity index (χ0v) is 20.3. The van der Waals surface area contributed by atoms with Crippen molar-refractivity contribution in [2.75, 3.05) is 23.7 Å². The Labute approximate surface area is 196 Å². The van der Waals surface area contributed by atoms with Crippen molar-refractivity contribution < 1.29 is 13.2 Å². The van der Waals surface area contributed by atoms with Gasteiger partial charge in [-0.1, -0.05) is 49.2 Å². The van der Waals surface area contributed by atoms with Gasteiger partial charge in [0.05, 0.1) is 11.9 Å². The summed E-state index contributed by atoms with van der Waals surface area (Å²) in [7, 11) is -3.67. The highest BCUT2D eigenvalue weighted by molar-refractivity contribution is 7.92. The first-order chi connectivity index (χ1) is 15.3. The van der Waals surface area contributed by atoms with Gasteiger partial charge < -0.3 is 5.32 Å². The van der Waals surface area contributed by atoms with Crippen LogP contribution in [0.15, 0.2) is 48.5 Å². The van der Waals surface area contributed by atoms with Crippen LogP contribution < -0.4 is 9.62 Å². The molecule has 0 aliphatic carbocycles. The average molecular weight is 478 g/mol. The molecule has 174 valence electrons. The summed E-state index contributed by atoms with van der Waals surface area (Å²) in [6.07, 6.45) is 5.20. The molecule has 2 aromatic rings. The number of piperidine rings is 1. The molecule has 1 fully saturated rings. The van der Waals surface area contributed by atoms with Gasteiger partial charge in [0.15, 0.2) is 0 Å². The smallest absolute Gasteiger partial charge is 0.244 e. The highest BCUT2D eigenvalue weighted by atomic mass is 35.5. The van der Waals surface area contributed by atoms with Crippen LogP contribution in [0, 0.1) is 0 Å². The molecule has 0 aromatic heterocycles. The van der Waals surface area contributed by atoms with Gasteiger partial charge in [-0.05, 0) is 67.7 Å². The highest BCUT2D eigenvalue weighted by Gasteiger charge is 2.31. The molecule has 0 unspecified atom stereocenters. The van der Waals surface area contributed by atoms with E-state index in [1.165, 1.54) is 29.1 Å². The van der Waals surface area contributed by atoms with Crippen molar-refractivity contribution in [3.8, 4) is 0 Å². The minimum atomic E-state index is -3.67. The third kappa shape index (κ3) is 6.47. The van der Waals surface area contributed by atoms with Crippen LogP contribution in [0.25, 0.3) is 0 Å². The summed E-state index contributed by atoms with van der Waals surface area (Å²) in [5, 5.41) is 3.48. The van der Waals surface area contributed by atoms with E-state index in [2.05, 4.69) is 16.3 Å². The van der Waals surface area contributed by atoms with Crippen molar-refractivity contribution in [1.82, 2.24) is 10.2 Å². The summed E-state index contributed by atoms with van der Waals surface area (Å²) in [6, 6.07) is 13.7. The Morgan fingerprint density at radius 2 is 1.69 bits per heavy atom. The number of nitrogens with zero attached hydrogens (tertiary/aromatic N) is 2.